The molecule has 1 heterocycles. The number of halogens is 4. The first kappa shape index (κ1) is 19.4. The van der Waals surface area contributed by atoms with Gasteiger partial charge in [-0.1, -0.05) is 0 Å². The fraction of sp³-hybridized carbons (Fsp3) is 0.684. The monoisotopic (exact) mass is 373 g/mol. The minimum atomic E-state index is -4.17. The second kappa shape index (κ2) is 7.00. The molecule has 2 fully saturated rings. The largest absolute Gasteiger partial charge is 0.391 e. The van der Waals surface area contributed by atoms with Crippen molar-refractivity contribution in [3.05, 3.63) is 29.1 Å². The highest BCUT2D eigenvalue weighted by atomic mass is 19.4. The molecule has 0 amide bonds. The topological polar surface area (TPSA) is 55.3 Å². The van der Waals surface area contributed by atoms with Crippen LogP contribution in [0.3, 0.4) is 0 Å². The molecule has 0 unspecified atom stereocenters. The third-order valence-electron chi connectivity index (χ3n) is 6.05. The summed E-state index contributed by atoms with van der Waals surface area (Å²) in [7, 11) is 0. The number of aryl methyl sites for hydroxylation is 1. The zero-order valence-electron chi connectivity index (χ0n) is 15.1. The average Bonchev–Trinajstić information content (AvgIpc) is 2.59. The van der Waals surface area contributed by atoms with E-state index in [9.17, 15) is 17.6 Å². The van der Waals surface area contributed by atoms with E-state index in [1.807, 2.05) is 6.92 Å². The van der Waals surface area contributed by atoms with E-state index in [0.717, 1.165) is 24.0 Å². The summed E-state index contributed by atoms with van der Waals surface area (Å²) in [6.07, 6.45) is -1.12. The van der Waals surface area contributed by atoms with Crippen LogP contribution in [0.5, 0.6) is 0 Å². The number of alkyl halides is 3. The predicted octanol–water partition coefficient (Wildman–Crippen LogP) is 3.97. The van der Waals surface area contributed by atoms with E-state index < -0.39 is 23.5 Å². The van der Waals surface area contributed by atoms with Gasteiger partial charge in [-0.25, -0.2) is 4.39 Å². The van der Waals surface area contributed by atoms with Crippen molar-refractivity contribution in [3.8, 4) is 0 Å². The Hall–Kier alpha value is -1.34. The van der Waals surface area contributed by atoms with Gasteiger partial charge in [-0.05, 0) is 68.7 Å². The first-order chi connectivity index (χ1) is 12.1. The molecule has 1 aliphatic heterocycles. The maximum atomic E-state index is 14.8. The number of nitrogens with two attached hydrogens (primary N) is 2. The lowest BCUT2D eigenvalue weighted by Gasteiger charge is -2.39. The van der Waals surface area contributed by atoms with Crippen LogP contribution in [0, 0.1) is 18.7 Å². The molecule has 26 heavy (non-hydrogen) atoms. The molecule has 1 saturated carbocycles. The van der Waals surface area contributed by atoms with Crippen molar-refractivity contribution in [3.63, 3.8) is 0 Å². The van der Waals surface area contributed by atoms with Crippen molar-refractivity contribution >= 4 is 5.69 Å². The van der Waals surface area contributed by atoms with Gasteiger partial charge in [0.15, 0.2) is 0 Å². The first-order valence-electron chi connectivity index (χ1n) is 9.27. The number of hydrogen-bond donors (Lipinski definition) is 2. The van der Waals surface area contributed by atoms with E-state index >= 15 is 0 Å². The van der Waals surface area contributed by atoms with Gasteiger partial charge in [-0.2, -0.15) is 13.2 Å². The molecule has 0 spiro atoms. The summed E-state index contributed by atoms with van der Waals surface area (Å²) in [6.45, 7) is 2.31. The Labute approximate surface area is 151 Å². The van der Waals surface area contributed by atoms with Crippen LogP contribution >= 0.6 is 0 Å². The molecule has 146 valence electrons. The summed E-state index contributed by atoms with van der Waals surface area (Å²) >= 11 is 0. The van der Waals surface area contributed by atoms with Gasteiger partial charge in [-0.15, -0.1) is 0 Å². The molecule has 1 saturated heterocycles. The Morgan fingerprint density at radius 2 is 1.65 bits per heavy atom. The number of piperidine rings is 1. The van der Waals surface area contributed by atoms with Gasteiger partial charge in [0.1, 0.15) is 5.82 Å². The zero-order valence-corrected chi connectivity index (χ0v) is 15.1. The molecular weight excluding hydrogens is 346 g/mol. The lowest BCUT2D eigenvalue weighted by atomic mass is 9.74. The standard InChI is InChI=1S/C19H27F4N3/c1-12-10-17(26-8-4-13(5-9-26)19(21,22)23)16(20)11-15(12)18(25)6-2-14(24)3-7-18/h10-11,13-14H,2-9,24-25H2,1H3. The van der Waals surface area contributed by atoms with Crippen molar-refractivity contribution in [1.82, 2.24) is 0 Å². The van der Waals surface area contributed by atoms with Crippen molar-refractivity contribution < 1.29 is 17.6 Å². The van der Waals surface area contributed by atoms with E-state index in [4.69, 9.17) is 11.5 Å². The maximum absolute atomic E-state index is 14.8. The van der Waals surface area contributed by atoms with Gasteiger partial charge in [-0.3, -0.25) is 0 Å². The predicted molar refractivity (Wildman–Crippen MR) is 94.4 cm³/mol. The molecule has 0 radical (unpaired) electrons. The summed E-state index contributed by atoms with van der Waals surface area (Å²) in [5.74, 6) is -1.70. The maximum Gasteiger partial charge on any atom is 0.391 e. The smallest absolute Gasteiger partial charge is 0.369 e. The number of benzene rings is 1. The van der Waals surface area contributed by atoms with E-state index in [0.29, 0.717) is 18.5 Å². The molecule has 1 aromatic rings. The van der Waals surface area contributed by atoms with Gasteiger partial charge in [0.25, 0.3) is 0 Å². The van der Waals surface area contributed by atoms with Crippen LogP contribution in [-0.4, -0.2) is 25.3 Å². The Morgan fingerprint density at radius 1 is 1.08 bits per heavy atom. The van der Waals surface area contributed by atoms with Crippen LogP contribution in [-0.2, 0) is 5.54 Å². The molecule has 0 atom stereocenters. The third-order valence-corrected chi connectivity index (χ3v) is 6.05. The van der Waals surface area contributed by atoms with Gasteiger partial charge in [0.2, 0.25) is 0 Å². The number of anilines is 1. The fourth-order valence-corrected chi connectivity index (χ4v) is 4.32. The molecule has 7 heteroatoms. The number of hydrogen-bond acceptors (Lipinski definition) is 3. The summed E-state index contributed by atoms with van der Waals surface area (Å²) in [5, 5.41) is 0. The van der Waals surface area contributed by atoms with Crippen molar-refractivity contribution in [2.75, 3.05) is 18.0 Å². The molecule has 0 aromatic heterocycles. The van der Waals surface area contributed by atoms with E-state index in [1.54, 1.807) is 11.0 Å². The van der Waals surface area contributed by atoms with Crippen molar-refractivity contribution in [2.24, 2.45) is 17.4 Å². The molecule has 1 aliphatic carbocycles. The molecule has 3 nitrogen and oxygen atoms in total. The van der Waals surface area contributed by atoms with Crippen LogP contribution in [0.15, 0.2) is 12.1 Å². The van der Waals surface area contributed by atoms with Crippen LogP contribution in [0.2, 0.25) is 0 Å². The fourth-order valence-electron chi connectivity index (χ4n) is 4.32. The lowest BCUT2D eigenvalue weighted by Crippen LogP contribution is -2.44. The summed E-state index contributed by atoms with van der Waals surface area (Å²) in [4.78, 5) is 1.72. The van der Waals surface area contributed by atoms with Gasteiger partial charge in [0, 0.05) is 24.7 Å². The summed E-state index contributed by atoms with van der Waals surface area (Å²) in [5.41, 5.74) is 14.0. The summed E-state index contributed by atoms with van der Waals surface area (Å²) < 4.78 is 53.3. The Morgan fingerprint density at radius 3 is 2.19 bits per heavy atom. The van der Waals surface area contributed by atoms with Crippen molar-refractivity contribution in [2.45, 2.75) is 63.2 Å². The Kier molecular flexibility index (Phi) is 5.23. The second-order valence-electron chi connectivity index (χ2n) is 7.92. The highest BCUT2D eigenvalue weighted by Crippen LogP contribution is 2.40. The zero-order chi connectivity index (χ0) is 19.1. The van der Waals surface area contributed by atoms with Gasteiger partial charge < -0.3 is 16.4 Å². The number of nitrogens with zero attached hydrogens (tertiary/aromatic N) is 1. The van der Waals surface area contributed by atoms with Crippen LogP contribution in [0.1, 0.15) is 49.7 Å². The van der Waals surface area contributed by atoms with Crippen LogP contribution in [0.25, 0.3) is 0 Å². The van der Waals surface area contributed by atoms with E-state index in [1.165, 1.54) is 6.07 Å². The average molecular weight is 373 g/mol. The van der Waals surface area contributed by atoms with E-state index in [2.05, 4.69) is 0 Å². The molecule has 0 bridgehead atoms. The quantitative estimate of drug-likeness (QED) is 0.772. The molecule has 1 aromatic carbocycles. The Bertz CT molecular complexity index is 643. The highest BCUT2D eigenvalue weighted by molar-refractivity contribution is 5.54. The summed E-state index contributed by atoms with van der Waals surface area (Å²) in [6, 6.07) is 3.37. The lowest BCUT2D eigenvalue weighted by molar-refractivity contribution is -0.179. The highest BCUT2D eigenvalue weighted by Gasteiger charge is 2.41. The minimum absolute atomic E-state index is 0.00243. The van der Waals surface area contributed by atoms with Crippen molar-refractivity contribution in [1.29, 1.82) is 0 Å². The number of rotatable bonds is 2. The SMILES string of the molecule is Cc1cc(N2CCC(C(F)(F)F)CC2)c(F)cc1C1(N)CCC(N)CC1. The first-order valence-corrected chi connectivity index (χ1v) is 9.27. The van der Waals surface area contributed by atoms with E-state index in [-0.39, 0.29) is 32.0 Å². The second-order valence-corrected chi connectivity index (χ2v) is 7.92. The van der Waals surface area contributed by atoms with Crippen LogP contribution < -0.4 is 16.4 Å². The van der Waals surface area contributed by atoms with Gasteiger partial charge in [0.05, 0.1) is 11.6 Å². The molecule has 3 rings (SSSR count). The van der Waals surface area contributed by atoms with Crippen LogP contribution in [0.4, 0.5) is 23.2 Å². The van der Waals surface area contributed by atoms with Gasteiger partial charge >= 0.3 is 6.18 Å². The molecule has 2 aliphatic rings. The third kappa shape index (κ3) is 3.83. The normalized spacial score (nSPS) is 28.4. The minimum Gasteiger partial charge on any atom is -0.369 e. The molecular formula is C19H27F4N3. The Balaban J connectivity index is 1.78. The molecule has 4 N–H and O–H groups in total.